The Bertz CT molecular complexity index is 419. The third-order valence-electron chi connectivity index (χ3n) is 3.09. The highest BCUT2D eigenvalue weighted by molar-refractivity contribution is 7.99. The summed E-state index contributed by atoms with van der Waals surface area (Å²) < 4.78 is 38.9. The van der Waals surface area contributed by atoms with Gasteiger partial charge in [-0.15, -0.1) is 11.8 Å². The van der Waals surface area contributed by atoms with Gasteiger partial charge in [-0.1, -0.05) is 19.9 Å². The first-order chi connectivity index (χ1) is 9.42. The number of thioether (sulfide) groups is 1. The molecule has 114 valence electrons. The maximum Gasteiger partial charge on any atom is 0.417 e. The van der Waals surface area contributed by atoms with E-state index < -0.39 is 11.7 Å². The summed E-state index contributed by atoms with van der Waals surface area (Å²) in [5.41, 5.74) is -0.376. The first-order valence-electron chi connectivity index (χ1n) is 6.58. The van der Waals surface area contributed by atoms with Crippen molar-refractivity contribution in [3.8, 4) is 0 Å². The Balaban J connectivity index is 2.79. The van der Waals surface area contributed by atoms with Crippen LogP contribution < -0.4 is 0 Å². The molecule has 20 heavy (non-hydrogen) atoms. The zero-order chi connectivity index (χ0) is 15.2. The van der Waals surface area contributed by atoms with Crippen LogP contribution in [-0.4, -0.2) is 35.4 Å². The SMILES string of the molecule is CCN(CC)CCSc1ccc(CO)cc1C(F)(F)F. The van der Waals surface area contributed by atoms with Crippen LogP contribution in [0.4, 0.5) is 13.2 Å². The predicted octanol–water partition coefficient (Wildman–Crippen LogP) is 3.63. The summed E-state index contributed by atoms with van der Waals surface area (Å²) in [6.07, 6.45) is -4.39. The first kappa shape index (κ1) is 17.3. The molecule has 0 amide bonds. The Morgan fingerprint density at radius 3 is 2.35 bits per heavy atom. The molecule has 1 rings (SSSR count). The van der Waals surface area contributed by atoms with Gasteiger partial charge in [0, 0.05) is 17.2 Å². The molecular weight excluding hydrogens is 287 g/mol. The monoisotopic (exact) mass is 307 g/mol. The average molecular weight is 307 g/mol. The zero-order valence-electron chi connectivity index (χ0n) is 11.7. The lowest BCUT2D eigenvalue weighted by molar-refractivity contribution is -0.139. The van der Waals surface area contributed by atoms with Crippen molar-refractivity contribution in [2.45, 2.75) is 31.5 Å². The van der Waals surface area contributed by atoms with Gasteiger partial charge in [0.15, 0.2) is 0 Å². The van der Waals surface area contributed by atoms with E-state index in [1.807, 2.05) is 13.8 Å². The zero-order valence-corrected chi connectivity index (χ0v) is 12.5. The Morgan fingerprint density at radius 2 is 1.85 bits per heavy atom. The van der Waals surface area contributed by atoms with Gasteiger partial charge >= 0.3 is 6.18 Å². The number of alkyl halides is 3. The van der Waals surface area contributed by atoms with Gasteiger partial charge in [-0.3, -0.25) is 0 Å². The molecular formula is C14H20F3NOS. The maximum absolute atomic E-state index is 13.0. The minimum absolute atomic E-state index is 0.224. The van der Waals surface area contributed by atoms with E-state index in [4.69, 9.17) is 5.11 Å². The fourth-order valence-corrected chi connectivity index (χ4v) is 2.91. The van der Waals surface area contributed by atoms with Gasteiger partial charge in [0.2, 0.25) is 0 Å². The van der Waals surface area contributed by atoms with Crippen LogP contribution >= 0.6 is 11.8 Å². The second kappa shape index (κ2) is 7.90. The normalized spacial score (nSPS) is 12.2. The van der Waals surface area contributed by atoms with Crippen LogP contribution in [0, 0.1) is 0 Å². The van der Waals surface area contributed by atoms with Gasteiger partial charge in [0.05, 0.1) is 12.2 Å². The van der Waals surface area contributed by atoms with Crippen molar-refractivity contribution in [2.24, 2.45) is 0 Å². The Kier molecular flexibility index (Phi) is 6.85. The maximum atomic E-state index is 13.0. The second-order valence-corrected chi connectivity index (χ2v) is 5.50. The second-order valence-electron chi connectivity index (χ2n) is 4.36. The van der Waals surface area contributed by atoms with Crippen LogP contribution in [0.5, 0.6) is 0 Å². The molecule has 0 saturated heterocycles. The summed E-state index contributed by atoms with van der Waals surface area (Å²) in [7, 11) is 0. The van der Waals surface area contributed by atoms with E-state index in [1.165, 1.54) is 23.9 Å². The van der Waals surface area contributed by atoms with Crippen molar-refractivity contribution in [3.63, 3.8) is 0 Å². The summed E-state index contributed by atoms with van der Waals surface area (Å²) in [6, 6.07) is 4.01. The number of rotatable bonds is 7. The van der Waals surface area contributed by atoms with Gasteiger partial charge in [-0.2, -0.15) is 13.2 Å². The molecule has 1 N–H and O–H groups in total. The van der Waals surface area contributed by atoms with Crippen LogP contribution in [0.25, 0.3) is 0 Å². The summed E-state index contributed by atoms with van der Waals surface area (Å²) in [6.45, 7) is 6.24. The van der Waals surface area contributed by atoms with Crippen molar-refractivity contribution < 1.29 is 18.3 Å². The smallest absolute Gasteiger partial charge is 0.392 e. The topological polar surface area (TPSA) is 23.5 Å². The number of halogens is 3. The van der Waals surface area contributed by atoms with E-state index in [2.05, 4.69) is 4.90 Å². The molecule has 0 spiro atoms. The van der Waals surface area contributed by atoms with Crippen LogP contribution in [0.2, 0.25) is 0 Å². The lowest BCUT2D eigenvalue weighted by atomic mass is 10.1. The van der Waals surface area contributed by atoms with E-state index >= 15 is 0 Å². The summed E-state index contributed by atoms with van der Waals surface area (Å²) in [5.74, 6) is 0.614. The van der Waals surface area contributed by atoms with Crippen molar-refractivity contribution in [3.05, 3.63) is 29.3 Å². The third kappa shape index (κ3) is 5.00. The van der Waals surface area contributed by atoms with Gasteiger partial charge in [-0.25, -0.2) is 0 Å². The molecule has 0 heterocycles. The predicted molar refractivity (Wildman–Crippen MR) is 75.9 cm³/mol. The van der Waals surface area contributed by atoms with Crippen LogP contribution in [0.15, 0.2) is 23.1 Å². The van der Waals surface area contributed by atoms with Crippen LogP contribution in [0.3, 0.4) is 0 Å². The molecule has 0 aliphatic rings. The molecule has 6 heteroatoms. The minimum atomic E-state index is -4.39. The van der Waals surface area contributed by atoms with Gasteiger partial charge in [0.1, 0.15) is 0 Å². The summed E-state index contributed by atoms with van der Waals surface area (Å²) in [5, 5.41) is 8.95. The molecule has 2 nitrogen and oxygen atoms in total. The number of hydrogen-bond donors (Lipinski definition) is 1. The number of nitrogens with zero attached hydrogens (tertiary/aromatic N) is 1. The first-order valence-corrected chi connectivity index (χ1v) is 7.57. The molecule has 0 saturated carbocycles. The number of hydrogen-bond acceptors (Lipinski definition) is 3. The van der Waals surface area contributed by atoms with Crippen LogP contribution in [-0.2, 0) is 12.8 Å². The lowest BCUT2D eigenvalue weighted by Gasteiger charge is -2.18. The van der Waals surface area contributed by atoms with E-state index in [-0.39, 0.29) is 17.1 Å². The lowest BCUT2D eigenvalue weighted by Crippen LogP contribution is -2.25. The molecule has 1 aromatic rings. The molecule has 0 atom stereocenters. The average Bonchev–Trinajstić information content (AvgIpc) is 2.42. The van der Waals surface area contributed by atoms with Crippen molar-refractivity contribution in [1.29, 1.82) is 0 Å². The van der Waals surface area contributed by atoms with Gasteiger partial charge < -0.3 is 10.0 Å². The number of aliphatic hydroxyl groups is 1. The molecule has 1 aromatic carbocycles. The highest BCUT2D eigenvalue weighted by Crippen LogP contribution is 2.37. The van der Waals surface area contributed by atoms with Crippen molar-refractivity contribution in [1.82, 2.24) is 4.90 Å². The molecule has 0 aliphatic heterocycles. The molecule has 0 aromatic heterocycles. The highest BCUT2D eigenvalue weighted by atomic mass is 32.2. The van der Waals surface area contributed by atoms with Crippen LogP contribution in [0.1, 0.15) is 25.0 Å². The standard InChI is InChI=1S/C14H20F3NOS/c1-3-18(4-2)7-8-20-13-6-5-11(10-19)9-12(13)14(15,16)17/h5-6,9,19H,3-4,7-8,10H2,1-2H3. The van der Waals surface area contributed by atoms with E-state index in [1.54, 1.807) is 0 Å². The van der Waals surface area contributed by atoms with Gasteiger partial charge in [-0.05, 0) is 30.8 Å². The molecule has 0 unspecified atom stereocenters. The molecule has 0 aliphatic carbocycles. The fraction of sp³-hybridized carbons (Fsp3) is 0.571. The number of benzene rings is 1. The summed E-state index contributed by atoms with van der Waals surface area (Å²) in [4.78, 5) is 2.39. The third-order valence-corrected chi connectivity index (χ3v) is 4.15. The summed E-state index contributed by atoms with van der Waals surface area (Å²) >= 11 is 1.21. The number of aliphatic hydroxyl groups excluding tert-OH is 1. The van der Waals surface area contributed by atoms with E-state index in [9.17, 15) is 13.2 Å². The quantitative estimate of drug-likeness (QED) is 0.778. The van der Waals surface area contributed by atoms with Gasteiger partial charge in [0.25, 0.3) is 0 Å². The molecule has 0 radical (unpaired) electrons. The molecule has 0 bridgehead atoms. The Hall–Kier alpha value is -0.720. The Morgan fingerprint density at radius 1 is 1.20 bits per heavy atom. The highest BCUT2D eigenvalue weighted by Gasteiger charge is 2.33. The minimum Gasteiger partial charge on any atom is -0.392 e. The Labute approximate surface area is 122 Å². The fourth-order valence-electron chi connectivity index (χ4n) is 1.85. The largest absolute Gasteiger partial charge is 0.417 e. The molecule has 0 fully saturated rings. The van der Waals surface area contributed by atoms with Crippen molar-refractivity contribution in [2.75, 3.05) is 25.4 Å². The van der Waals surface area contributed by atoms with E-state index in [0.717, 1.165) is 25.7 Å². The van der Waals surface area contributed by atoms with E-state index in [0.29, 0.717) is 5.75 Å². The van der Waals surface area contributed by atoms with Crippen molar-refractivity contribution >= 4 is 11.8 Å².